The number of carbonyl (C=O) groups is 1. The number of esters is 1. The highest BCUT2D eigenvalue weighted by Crippen LogP contribution is 2.38. The smallest absolute Gasteiger partial charge is 0.306 e. The first kappa shape index (κ1) is 53.9. The van der Waals surface area contributed by atoms with Crippen LogP contribution in [0.1, 0.15) is 162 Å². The van der Waals surface area contributed by atoms with Crippen LogP contribution in [0.15, 0.2) is 72.9 Å². The minimum absolute atomic E-state index is 0.0210. The van der Waals surface area contributed by atoms with Gasteiger partial charge in [-0.3, -0.25) is 9.36 Å². The van der Waals surface area contributed by atoms with Crippen molar-refractivity contribution in [3.05, 3.63) is 72.9 Å². The van der Waals surface area contributed by atoms with Gasteiger partial charge in [-0.2, -0.15) is 0 Å². The molecule has 0 fully saturated rings. The van der Waals surface area contributed by atoms with Gasteiger partial charge in [0.25, 0.3) is 7.82 Å². The van der Waals surface area contributed by atoms with E-state index in [1.807, 2.05) is 21.1 Å². The lowest BCUT2D eigenvalue weighted by Crippen LogP contribution is -2.37. The van der Waals surface area contributed by atoms with Crippen molar-refractivity contribution in [2.45, 2.75) is 168 Å². The van der Waals surface area contributed by atoms with Crippen molar-refractivity contribution >= 4 is 13.8 Å². The Morgan fingerprint density at radius 1 is 0.571 bits per heavy atom. The highest BCUT2D eigenvalue weighted by Gasteiger charge is 2.20. The van der Waals surface area contributed by atoms with Crippen molar-refractivity contribution in [2.24, 2.45) is 0 Å². The molecule has 0 aliphatic carbocycles. The number of unbranched alkanes of at least 4 members (excludes halogenated alkanes) is 14. The molecular formula is C47H84NO7P. The Morgan fingerprint density at radius 3 is 1.55 bits per heavy atom. The summed E-state index contributed by atoms with van der Waals surface area (Å²) < 4.78 is 34.5. The SMILES string of the molecule is CC/C=C\C/C=C\C/C=C\C/C=C\C/C=C\C/C=C\CCCCCCCCCOCC(COP(=O)([O-])OCC[N+](C)(C)C)OC(=O)CCCCCCCCCC. The summed E-state index contributed by atoms with van der Waals surface area (Å²) in [5.41, 5.74) is 0. The van der Waals surface area contributed by atoms with Gasteiger partial charge in [0.15, 0.2) is 0 Å². The normalized spacial score (nSPS) is 14.5. The maximum atomic E-state index is 12.6. The first-order valence-corrected chi connectivity index (χ1v) is 23.6. The van der Waals surface area contributed by atoms with Crippen molar-refractivity contribution in [3.63, 3.8) is 0 Å². The van der Waals surface area contributed by atoms with Gasteiger partial charge in [-0.25, -0.2) is 0 Å². The average molecular weight is 806 g/mol. The third-order valence-corrected chi connectivity index (χ3v) is 9.99. The Labute approximate surface area is 344 Å². The molecule has 0 amide bonds. The average Bonchev–Trinajstić information content (AvgIpc) is 3.15. The van der Waals surface area contributed by atoms with Crippen LogP contribution in [0.2, 0.25) is 0 Å². The van der Waals surface area contributed by atoms with Crippen LogP contribution in [0, 0.1) is 0 Å². The number of nitrogens with zero attached hydrogens (tertiary/aromatic N) is 1. The van der Waals surface area contributed by atoms with E-state index in [1.54, 1.807) is 0 Å². The van der Waals surface area contributed by atoms with E-state index in [0.29, 0.717) is 24.1 Å². The molecule has 0 aromatic heterocycles. The second-order valence-electron chi connectivity index (χ2n) is 15.7. The van der Waals surface area contributed by atoms with E-state index in [9.17, 15) is 14.3 Å². The fraction of sp³-hybridized carbons (Fsp3) is 0.723. The first-order valence-electron chi connectivity index (χ1n) is 22.2. The predicted molar refractivity (Wildman–Crippen MR) is 235 cm³/mol. The van der Waals surface area contributed by atoms with Crippen molar-refractivity contribution in [3.8, 4) is 0 Å². The summed E-state index contributed by atoms with van der Waals surface area (Å²) in [5.74, 6) is -0.347. The van der Waals surface area contributed by atoms with Gasteiger partial charge in [-0.05, 0) is 64.2 Å². The molecule has 324 valence electrons. The molecular weight excluding hydrogens is 721 g/mol. The molecule has 56 heavy (non-hydrogen) atoms. The Morgan fingerprint density at radius 2 is 1.04 bits per heavy atom. The van der Waals surface area contributed by atoms with E-state index in [1.165, 1.54) is 57.8 Å². The quantitative estimate of drug-likeness (QED) is 0.0200. The number of phosphoric acid groups is 1. The second-order valence-corrected chi connectivity index (χ2v) is 17.1. The summed E-state index contributed by atoms with van der Waals surface area (Å²) >= 11 is 0. The maximum Gasteiger partial charge on any atom is 0.306 e. The molecule has 0 aromatic rings. The van der Waals surface area contributed by atoms with Gasteiger partial charge in [0.05, 0.1) is 34.4 Å². The molecule has 0 aliphatic heterocycles. The van der Waals surface area contributed by atoms with Crippen molar-refractivity contribution < 1.29 is 37.3 Å². The summed E-state index contributed by atoms with van der Waals surface area (Å²) in [5, 5.41) is 0. The largest absolute Gasteiger partial charge is 0.756 e. The number of carbonyl (C=O) groups excluding carboxylic acids is 1. The number of hydrogen-bond donors (Lipinski definition) is 0. The molecule has 0 aliphatic rings. The molecule has 0 saturated heterocycles. The third kappa shape index (κ3) is 43.1. The Balaban J connectivity index is 4.11. The van der Waals surface area contributed by atoms with E-state index in [0.717, 1.165) is 83.5 Å². The van der Waals surface area contributed by atoms with Gasteiger partial charge in [0.2, 0.25) is 0 Å². The van der Waals surface area contributed by atoms with Crippen LogP contribution in [0.25, 0.3) is 0 Å². The van der Waals surface area contributed by atoms with Crippen molar-refractivity contribution in [2.75, 3.05) is 54.1 Å². The van der Waals surface area contributed by atoms with Crippen LogP contribution in [-0.2, 0) is 27.9 Å². The number of hydrogen-bond acceptors (Lipinski definition) is 7. The molecule has 9 heteroatoms. The number of phosphoric ester groups is 1. The van der Waals surface area contributed by atoms with E-state index in [2.05, 4.69) is 86.8 Å². The number of rotatable bonds is 40. The molecule has 0 radical (unpaired) electrons. The van der Waals surface area contributed by atoms with Gasteiger partial charge >= 0.3 is 5.97 Å². The minimum Gasteiger partial charge on any atom is -0.756 e. The maximum absolute atomic E-state index is 12.6. The van der Waals surface area contributed by atoms with Crippen LogP contribution < -0.4 is 4.89 Å². The highest BCUT2D eigenvalue weighted by molar-refractivity contribution is 7.45. The summed E-state index contributed by atoms with van der Waals surface area (Å²) in [6.45, 7) is 5.22. The van der Waals surface area contributed by atoms with Gasteiger partial charge in [0.1, 0.15) is 19.3 Å². The lowest BCUT2D eigenvalue weighted by atomic mass is 10.1. The van der Waals surface area contributed by atoms with Gasteiger partial charge < -0.3 is 27.9 Å². The summed E-state index contributed by atoms with van der Waals surface area (Å²) in [6.07, 6.45) is 50.7. The third-order valence-electron chi connectivity index (χ3n) is 9.02. The predicted octanol–water partition coefficient (Wildman–Crippen LogP) is 12.5. The number of ether oxygens (including phenoxy) is 2. The molecule has 8 nitrogen and oxygen atoms in total. The Hall–Kier alpha value is -2.06. The summed E-state index contributed by atoms with van der Waals surface area (Å²) in [7, 11) is 1.34. The monoisotopic (exact) mass is 806 g/mol. The second kappa shape index (κ2) is 39.8. The number of quaternary nitrogens is 1. The van der Waals surface area contributed by atoms with Crippen LogP contribution >= 0.6 is 7.82 Å². The minimum atomic E-state index is -4.52. The zero-order valence-electron chi connectivity index (χ0n) is 36.6. The van der Waals surface area contributed by atoms with E-state index in [4.69, 9.17) is 18.5 Å². The molecule has 0 saturated carbocycles. The van der Waals surface area contributed by atoms with Crippen LogP contribution in [0.4, 0.5) is 0 Å². The highest BCUT2D eigenvalue weighted by atomic mass is 31.2. The molecule has 0 spiro atoms. The van der Waals surface area contributed by atoms with E-state index in [-0.39, 0.29) is 25.8 Å². The zero-order chi connectivity index (χ0) is 41.3. The molecule has 2 atom stereocenters. The Bertz CT molecular complexity index is 1120. The van der Waals surface area contributed by atoms with Crippen LogP contribution in [0.3, 0.4) is 0 Å². The topological polar surface area (TPSA) is 94.1 Å². The summed E-state index contributed by atoms with van der Waals surface area (Å²) in [4.78, 5) is 24.9. The van der Waals surface area contributed by atoms with Gasteiger partial charge in [-0.1, -0.05) is 164 Å². The summed E-state index contributed by atoms with van der Waals surface area (Å²) in [6, 6.07) is 0. The fourth-order valence-corrected chi connectivity index (χ4v) is 6.34. The Kier molecular flexibility index (Phi) is 38.3. The number of likely N-dealkylation sites (N-methyl/N-ethyl adjacent to an activating group) is 1. The van der Waals surface area contributed by atoms with Crippen LogP contribution in [0.5, 0.6) is 0 Å². The van der Waals surface area contributed by atoms with Gasteiger partial charge in [0, 0.05) is 13.0 Å². The fourth-order valence-electron chi connectivity index (χ4n) is 5.61. The lowest BCUT2D eigenvalue weighted by molar-refractivity contribution is -0.870. The van der Waals surface area contributed by atoms with Crippen molar-refractivity contribution in [1.29, 1.82) is 0 Å². The zero-order valence-corrected chi connectivity index (χ0v) is 37.5. The van der Waals surface area contributed by atoms with E-state index >= 15 is 0 Å². The van der Waals surface area contributed by atoms with Crippen molar-refractivity contribution in [1.82, 2.24) is 0 Å². The first-order chi connectivity index (χ1) is 27.1. The van der Waals surface area contributed by atoms with E-state index < -0.39 is 13.9 Å². The molecule has 0 aromatic carbocycles. The molecule has 0 rings (SSSR count). The molecule has 0 heterocycles. The number of allylic oxidation sites excluding steroid dienone is 12. The van der Waals surface area contributed by atoms with Gasteiger partial charge in [-0.15, -0.1) is 0 Å². The van der Waals surface area contributed by atoms with Crippen LogP contribution in [-0.4, -0.2) is 70.7 Å². The lowest BCUT2D eigenvalue weighted by Gasteiger charge is -2.28. The standard InChI is InChI=1S/C47H84NO7P/c1-6-8-10-12-14-16-17-18-19-20-21-22-23-24-25-26-27-28-29-30-31-32-33-35-37-39-42-52-44-46(45-54-56(50,51)53-43-41-48(3,4)5)55-47(49)40-38-36-34-15-13-11-9-7-2/h8,10,14,16,18-19,21-22,24-25,27-28,46H,6-7,9,11-13,15,17,20,23,26,29-45H2,1-5H3/b10-8-,16-14-,19-18-,22-21-,25-24-,28-27-. The molecule has 0 N–H and O–H groups in total. The molecule has 2 unspecified atom stereocenters. The molecule has 0 bridgehead atoms.